The Morgan fingerprint density at radius 3 is 2.39 bits per heavy atom. The van der Waals surface area contributed by atoms with Crippen molar-refractivity contribution < 1.29 is 14.6 Å². The van der Waals surface area contributed by atoms with Crippen LogP contribution >= 0.6 is 0 Å². The number of nitrogens with zero attached hydrogens (tertiary/aromatic N) is 1. The molecular formula is C19H23NO3. The Morgan fingerprint density at radius 1 is 1.13 bits per heavy atom. The summed E-state index contributed by atoms with van der Waals surface area (Å²) in [4.78, 5) is 12.6. The number of aryl methyl sites for hydroxylation is 1. The molecule has 0 aliphatic heterocycles. The number of hydrogen-bond donors (Lipinski definition) is 1. The molecule has 0 saturated carbocycles. The fraction of sp³-hybridized carbons (Fsp3) is 0.316. The molecule has 0 aliphatic carbocycles. The minimum Gasteiger partial charge on any atom is -0.486 e. The predicted molar refractivity (Wildman–Crippen MR) is 90.7 cm³/mol. The molecule has 4 heteroatoms. The summed E-state index contributed by atoms with van der Waals surface area (Å²) < 4.78 is 6.14. The summed E-state index contributed by atoms with van der Waals surface area (Å²) in [6.07, 6.45) is 0.622. The first-order chi connectivity index (χ1) is 11.0. The number of hydrogen-bond acceptors (Lipinski definition) is 3. The summed E-state index contributed by atoms with van der Waals surface area (Å²) in [5, 5.41) is 8.85. The lowest BCUT2D eigenvalue weighted by atomic mass is 10.1. The molecule has 0 bridgehead atoms. The van der Waals surface area contributed by atoms with Crippen LogP contribution in [0.5, 0.6) is 5.75 Å². The highest BCUT2D eigenvalue weighted by molar-refractivity contribution is 5.68. The topological polar surface area (TPSA) is 49.8 Å². The quantitative estimate of drug-likeness (QED) is 0.810. The van der Waals surface area contributed by atoms with Gasteiger partial charge < -0.3 is 9.84 Å². The molecule has 2 rings (SSSR count). The van der Waals surface area contributed by atoms with E-state index in [4.69, 9.17) is 9.84 Å². The Labute approximate surface area is 137 Å². The molecule has 0 aliphatic rings. The van der Waals surface area contributed by atoms with E-state index in [0.29, 0.717) is 6.54 Å². The standard InChI is InChI=1S/C19H23NO3/c1-15-8-10-17(11-9-15)23-18(16-6-4-3-5-7-16)12-13-20(2)14-19(21)22/h3-11,18H,12-14H2,1-2H3,(H,21,22)/t18-/m0/s1. The molecule has 2 aromatic rings. The van der Waals surface area contributed by atoms with Crippen molar-refractivity contribution in [2.24, 2.45) is 0 Å². The summed E-state index contributed by atoms with van der Waals surface area (Å²) in [6.45, 7) is 2.73. The molecule has 1 atom stereocenters. The van der Waals surface area contributed by atoms with Gasteiger partial charge in [0, 0.05) is 13.0 Å². The first kappa shape index (κ1) is 17.0. The normalized spacial score (nSPS) is 12.1. The van der Waals surface area contributed by atoms with Gasteiger partial charge in [0.15, 0.2) is 0 Å². The van der Waals surface area contributed by atoms with E-state index >= 15 is 0 Å². The fourth-order valence-electron chi connectivity index (χ4n) is 2.39. The van der Waals surface area contributed by atoms with E-state index in [0.717, 1.165) is 17.7 Å². The zero-order valence-corrected chi connectivity index (χ0v) is 13.6. The molecule has 0 saturated heterocycles. The van der Waals surface area contributed by atoms with E-state index in [1.54, 1.807) is 4.90 Å². The third-order valence-corrected chi connectivity index (χ3v) is 3.65. The van der Waals surface area contributed by atoms with Gasteiger partial charge in [0.25, 0.3) is 0 Å². The van der Waals surface area contributed by atoms with Gasteiger partial charge in [-0.25, -0.2) is 0 Å². The zero-order valence-electron chi connectivity index (χ0n) is 13.6. The van der Waals surface area contributed by atoms with Crippen molar-refractivity contribution in [3.63, 3.8) is 0 Å². The van der Waals surface area contributed by atoms with Gasteiger partial charge in [-0.3, -0.25) is 9.69 Å². The largest absolute Gasteiger partial charge is 0.486 e. The highest BCUT2D eigenvalue weighted by atomic mass is 16.5. The number of likely N-dealkylation sites (N-methyl/N-ethyl adjacent to an activating group) is 1. The van der Waals surface area contributed by atoms with Gasteiger partial charge in [-0.15, -0.1) is 0 Å². The van der Waals surface area contributed by atoms with Crippen molar-refractivity contribution in [3.05, 3.63) is 65.7 Å². The molecule has 0 aromatic heterocycles. The molecule has 0 fully saturated rings. The number of benzene rings is 2. The second-order valence-electron chi connectivity index (χ2n) is 5.75. The van der Waals surface area contributed by atoms with Crippen LogP contribution in [0.1, 0.15) is 23.7 Å². The number of carboxylic acids is 1. The highest BCUT2D eigenvalue weighted by Gasteiger charge is 2.15. The monoisotopic (exact) mass is 313 g/mol. The van der Waals surface area contributed by atoms with Gasteiger partial charge in [0.2, 0.25) is 0 Å². The number of carboxylic acid groups (broad SMARTS) is 1. The average molecular weight is 313 g/mol. The zero-order chi connectivity index (χ0) is 16.7. The van der Waals surface area contributed by atoms with Crippen LogP contribution in [-0.4, -0.2) is 36.1 Å². The number of carbonyl (C=O) groups is 1. The van der Waals surface area contributed by atoms with Crippen LogP contribution in [0, 0.1) is 6.92 Å². The van der Waals surface area contributed by atoms with E-state index in [-0.39, 0.29) is 12.6 Å². The second kappa shape index (κ2) is 8.34. The Kier molecular flexibility index (Phi) is 6.18. The summed E-state index contributed by atoms with van der Waals surface area (Å²) in [5.41, 5.74) is 2.28. The fourth-order valence-corrected chi connectivity index (χ4v) is 2.39. The van der Waals surface area contributed by atoms with Crippen LogP contribution in [-0.2, 0) is 4.79 Å². The van der Waals surface area contributed by atoms with E-state index in [9.17, 15) is 4.79 Å². The third kappa shape index (κ3) is 5.75. The Balaban J connectivity index is 2.06. The minimum absolute atomic E-state index is 0.0338. The maximum absolute atomic E-state index is 10.8. The molecule has 0 unspecified atom stereocenters. The predicted octanol–water partition coefficient (Wildman–Crippen LogP) is 3.52. The number of ether oxygens (including phenoxy) is 1. The maximum atomic E-state index is 10.8. The first-order valence-corrected chi connectivity index (χ1v) is 7.73. The van der Waals surface area contributed by atoms with Gasteiger partial charge in [0.05, 0.1) is 6.54 Å². The Hall–Kier alpha value is -2.33. The molecule has 2 aromatic carbocycles. The molecule has 0 spiro atoms. The van der Waals surface area contributed by atoms with Gasteiger partial charge in [-0.1, -0.05) is 48.0 Å². The first-order valence-electron chi connectivity index (χ1n) is 7.73. The average Bonchev–Trinajstić information content (AvgIpc) is 2.53. The van der Waals surface area contributed by atoms with Crippen molar-refractivity contribution in [3.8, 4) is 5.75 Å². The van der Waals surface area contributed by atoms with Crippen molar-refractivity contribution in [1.82, 2.24) is 4.90 Å². The smallest absolute Gasteiger partial charge is 0.317 e. The van der Waals surface area contributed by atoms with Gasteiger partial charge in [-0.05, 0) is 31.7 Å². The van der Waals surface area contributed by atoms with E-state index in [1.807, 2.05) is 68.6 Å². The third-order valence-electron chi connectivity index (χ3n) is 3.65. The van der Waals surface area contributed by atoms with E-state index < -0.39 is 5.97 Å². The van der Waals surface area contributed by atoms with Crippen molar-refractivity contribution >= 4 is 5.97 Å². The summed E-state index contributed by atoms with van der Waals surface area (Å²) in [6, 6.07) is 18.0. The molecule has 122 valence electrons. The van der Waals surface area contributed by atoms with E-state index in [2.05, 4.69) is 0 Å². The molecule has 23 heavy (non-hydrogen) atoms. The molecular weight excluding hydrogens is 290 g/mol. The summed E-state index contributed by atoms with van der Waals surface area (Å²) >= 11 is 0. The van der Waals surface area contributed by atoms with E-state index in [1.165, 1.54) is 5.56 Å². The molecule has 0 amide bonds. The Bertz CT molecular complexity index is 610. The van der Waals surface area contributed by atoms with Gasteiger partial charge in [0.1, 0.15) is 11.9 Å². The second-order valence-corrected chi connectivity index (χ2v) is 5.75. The molecule has 0 heterocycles. The van der Waals surface area contributed by atoms with Crippen LogP contribution < -0.4 is 4.74 Å². The number of rotatable bonds is 8. The lowest BCUT2D eigenvalue weighted by Crippen LogP contribution is -2.28. The van der Waals surface area contributed by atoms with Crippen molar-refractivity contribution in [2.75, 3.05) is 20.1 Å². The van der Waals surface area contributed by atoms with Crippen molar-refractivity contribution in [1.29, 1.82) is 0 Å². The van der Waals surface area contributed by atoms with Crippen LogP contribution in [0.15, 0.2) is 54.6 Å². The summed E-state index contributed by atoms with van der Waals surface area (Å²) in [7, 11) is 1.81. The Morgan fingerprint density at radius 2 is 1.78 bits per heavy atom. The van der Waals surface area contributed by atoms with Crippen LogP contribution in [0.3, 0.4) is 0 Å². The molecule has 0 radical (unpaired) electrons. The lowest BCUT2D eigenvalue weighted by molar-refractivity contribution is -0.138. The number of aliphatic carboxylic acids is 1. The maximum Gasteiger partial charge on any atom is 0.317 e. The molecule has 1 N–H and O–H groups in total. The summed E-state index contributed by atoms with van der Waals surface area (Å²) in [5.74, 6) is 0.00792. The van der Waals surface area contributed by atoms with Crippen LogP contribution in [0.4, 0.5) is 0 Å². The lowest BCUT2D eigenvalue weighted by Gasteiger charge is -2.22. The van der Waals surface area contributed by atoms with Gasteiger partial charge in [-0.2, -0.15) is 0 Å². The minimum atomic E-state index is -0.816. The van der Waals surface area contributed by atoms with Gasteiger partial charge >= 0.3 is 5.97 Å². The van der Waals surface area contributed by atoms with Crippen molar-refractivity contribution in [2.45, 2.75) is 19.4 Å². The SMILES string of the molecule is Cc1ccc(O[C@@H](CCN(C)CC(=O)O)c2ccccc2)cc1. The van der Waals surface area contributed by atoms with Crippen LogP contribution in [0.25, 0.3) is 0 Å². The van der Waals surface area contributed by atoms with Crippen LogP contribution in [0.2, 0.25) is 0 Å². The highest BCUT2D eigenvalue weighted by Crippen LogP contribution is 2.25. The molecule has 4 nitrogen and oxygen atoms in total.